The fourth-order valence-electron chi connectivity index (χ4n) is 1.79. The summed E-state index contributed by atoms with van der Waals surface area (Å²) in [6.45, 7) is 4.90. The van der Waals surface area contributed by atoms with Crippen LogP contribution in [-0.4, -0.2) is 30.3 Å². The SMILES string of the molecule is CCCC(O)CNC(=O)Cc1ccc(OCC)cc1. The second kappa shape index (κ2) is 8.53. The van der Waals surface area contributed by atoms with E-state index in [1.54, 1.807) is 0 Å². The van der Waals surface area contributed by atoms with Crippen LogP contribution in [0, 0.1) is 0 Å². The number of carbonyl (C=O) groups excluding carboxylic acids is 1. The van der Waals surface area contributed by atoms with Crippen molar-refractivity contribution in [3.63, 3.8) is 0 Å². The van der Waals surface area contributed by atoms with Gasteiger partial charge in [-0.05, 0) is 31.0 Å². The predicted octanol–water partition coefficient (Wildman–Crippen LogP) is 1.91. The predicted molar refractivity (Wildman–Crippen MR) is 75.2 cm³/mol. The summed E-state index contributed by atoms with van der Waals surface area (Å²) >= 11 is 0. The lowest BCUT2D eigenvalue weighted by atomic mass is 10.1. The maximum Gasteiger partial charge on any atom is 0.224 e. The number of amides is 1. The second-order valence-corrected chi connectivity index (χ2v) is 4.50. The van der Waals surface area contributed by atoms with E-state index in [1.165, 1.54) is 0 Å². The molecule has 0 saturated carbocycles. The Morgan fingerprint density at radius 3 is 2.58 bits per heavy atom. The lowest BCUT2D eigenvalue weighted by molar-refractivity contribution is -0.120. The number of benzene rings is 1. The molecule has 1 rings (SSSR count). The van der Waals surface area contributed by atoms with Gasteiger partial charge in [-0.1, -0.05) is 25.5 Å². The van der Waals surface area contributed by atoms with Gasteiger partial charge in [-0.3, -0.25) is 4.79 Å². The topological polar surface area (TPSA) is 58.6 Å². The number of aliphatic hydroxyl groups is 1. The number of hydrogen-bond acceptors (Lipinski definition) is 3. The smallest absolute Gasteiger partial charge is 0.224 e. The molecular formula is C15H23NO3. The highest BCUT2D eigenvalue weighted by atomic mass is 16.5. The van der Waals surface area contributed by atoms with Gasteiger partial charge in [0.25, 0.3) is 0 Å². The van der Waals surface area contributed by atoms with Crippen LogP contribution in [0.3, 0.4) is 0 Å². The molecule has 0 bridgehead atoms. The third-order valence-electron chi connectivity index (χ3n) is 2.76. The maximum absolute atomic E-state index is 11.7. The molecule has 0 saturated heterocycles. The molecule has 19 heavy (non-hydrogen) atoms. The first kappa shape index (κ1) is 15.5. The van der Waals surface area contributed by atoms with Crippen LogP contribution >= 0.6 is 0 Å². The van der Waals surface area contributed by atoms with E-state index in [0.717, 1.165) is 17.7 Å². The summed E-state index contributed by atoms with van der Waals surface area (Å²) in [5.74, 6) is 0.740. The highest BCUT2D eigenvalue weighted by Crippen LogP contribution is 2.12. The molecular weight excluding hydrogens is 242 g/mol. The van der Waals surface area contributed by atoms with Crippen LogP contribution in [0.1, 0.15) is 32.3 Å². The zero-order valence-corrected chi connectivity index (χ0v) is 11.7. The molecule has 4 nitrogen and oxygen atoms in total. The van der Waals surface area contributed by atoms with Gasteiger partial charge < -0.3 is 15.2 Å². The van der Waals surface area contributed by atoms with Crippen LogP contribution in [0.5, 0.6) is 5.75 Å². The zero-order valence-electron chi connectivity index (χ0n) is 11.7. The molecule has 2 N–H and O–H groups in total. The van der Waals surface area contributed by atoms with Crippen LogP contribution in [0.15, 0.2) is 24.3 Å². The Labute approximate surface area is 114 Å². The summed E-state index contributed by atoms with van der Waals surface area (Å²) in [5, 5.41) is 12.3. The molecule has 1 aromatic rings. The normalized spacial score (nSPS) is 11.9. The van der Waals surface area contributed by atoms with Gasteiger partial charge in [-0.2, -0.15) is 0 Å². The summed E-state index contributed by atoms with van der Waals surface area (Å²) < 4.78 is 5.34. The number of nitrogens with one attached hydrogen (secondary N) is 1. The van der Waals surface area contributed by atoms with Gasteiger partial charge in [-0.15, -0.1) is 0 Å². The monoisotopic (exact) mass is 265 g/mol. The summed E-state index contributed by atoms with van der Waals surface area (Å²) in [6, 6.07) is 7.48. The van der Waals surface area contributed by atoms with Crippen molar-refractivity contribution in [3.8, 4) is 5.75 Å². The van der Waals surface area contributed by atoms with E-state index in [2.05, 4.69) is 5.32 Å². The molecule has 1 atom stereocenters. The zero-order chi connectivity index (χ0) is 14.1. The average molecular weight is 265 g/mol. The first-order chi connectivity index (χ1) is 9.15. The fraction of sp³-hybridized carbons (Fsp3) is 0.533. The van der Waals surface area contributed by atoms with Gasteiger partial charge in [0.05, 0.1) is 19.1 Å². The van der Waals surface area contributed by atoms with Gasteiger partial charge in [0.15, 0.2) is 0 Å². The van der Waals surface area contributed by atoms with Gasteiger partial charge in [0.2, 0.25) is 5.91 Å². The number of carbonyl (C=O) groups is 1. The summed E-state index contributed by atoms with van der Waals surface area (Å²) in [4.78, 5) is 11.7. The van der Waals surface area contributed by atoms with Crippen molar-refractivity contribution in [2.45, 2.75) is 39.2 Å². The third-order valence-corrected chi connectivity index (χ3v) is 2.76. The lowest BCUT2D eigenvalue weighted by Crippen LogP contribution is -2.33. The first-order valence-corrected chi connectivity index (χ1v) is 6.82. The van der Waals surface area contributed by atoms with Crippen molar-refractivity contribution in [1.29, 1.82) is 0 Å². The maximum atomic E-state index is 11.7. The Hall–Kier alpha value is -1.55. The van der Waals surface area contributed by atoms with Gasteiger partial charge >= 0.3 is 0 Å². The van der Waals surface area contributed by atoms with E-state index in [0.29, 0.717) is 26.0 Å². The molecule has 0 aliphatic rings. The average Bonchev–Trinajstić information content (AvgIpc) is 2.39. The van der Waals surface area contributed by atoms with Crippen LogP contribution in [0.25, 0.3) is 0 Å². The van der Waals surface area contributed by atoms with Crippen LogP contribution in [0.2, 0.25) is 0 Å². The molecule has 0 aromatic heterocycles. The minimum atomic E-state index is -0.450. The number of ether oxygens (including phenoxy) is 1. The van der Waals surface area contributed by atoms with Crippen LogP contribution in [0.4, 0.5) is 0 Å². The lowest BCUT2D eigenvalue weighted by Gasteiger charge is -2.11. The van der Waals surface area contributed by atoms with E-state index in [4.69, 9.17) is 4.74 Å². The highest BCUT2D eigenvalue weighted by molar-refractivity contribution is 5.78. The Kier molecular flexibility index (Phi) is 6.97. The summed E-state index contributed by atoms with van der Waals surface area (Å²) in [7, 11) is 0. The number of rotatable bonds is 8. The molecule has 106 valence electrons. The van der Waals surface area contributed by atoms with Crippen molar-refractivity contribution < 1.29 is 14.6 Å². The molecule has 0 fully saturated rings. The molecule has 0 radical (unpaired) electrons. The molecule has 0 spiro atoms. The minimum Gasteiger partial charge on any atom is -0.494 e. The largest absolute Gasteiger partial charge is 0.494 e. The Balaban J connectivity index is 2.35. The van der Waals surface area contributed by atoms with Gasteiger partial charge in [-0.25, -0.2) is 0 Å². The summed E-state index contributed by atoms with van der Waals surface area (Å²) in [5.41, 5.74) is 0.936. The van der Waals surface area contributed by atoms with E-state index in [9.17, 15) is 9.90 Å². The fourth-order valence-corrected chi connectivity index (χ4v) is 1.79. The third kappa shape index (κ3) is 6.25. The van der Waals surface area contributed by atoms with Gasteiger partial charge in [0, 0.05) is 6.54 Å². The van der Waals surface area contributed by atoms with Crippen LogP contribution in [-0.2, 0) is 11.2 Å². The van der Waals surface area contributed by atoms with E-state index >= 15 is 0 Å². The van der Waals surface area contributed by atoms with Crippen molar-refractivity contribution in [3.05, 3.63) is 29.8 Å². The van der Waals surface area contributed by atoms with Crippen molar-refractivity contribution >= 4 is 5.91 Å². The minimum absolute atomic E-state index is 0.0701. The quantitative estimate of drug-likeness (QED) is 0.755. The molecule has 0 heterocycles. The molecule has 4 heteroatoms. The van der Waals surface area contributed by atoms with Crippen molar-refractivity contribution in [2.75, 3.05) is 13.2 Å². The van der Waals surface area contributed by atoms with Crippen LogP contribution < -0.4 is 10.1 Å². The molecule has 0 aliphatic carbocycles. The van der Waals surface area contributed by atoms with E-state index < -0.39 is 6.10 Å². The molecule has 0 aliphatic heterocycles. The van der Waals surface area contributed by atoms with Crippen molar-refractivity contribution in [1.82, 2.24) is 5.32 Å². The standard InChI is InChI=1S/C15H23NO3/c1-3-5-13(17)11-16-15(18)10-12-6-8-14(9-7-12)19-4-2/h6-9,13,17H,3-5,10-11H2,1-2H3,(H,16,18). The Bertz CT molecular complexity index is 375. The van der Waals surface area contributed by atoms with Crippen molar-refractivity contribution in [2.24, 2.45) is 0 Å². The Morgan fingerprint density at radius 1 is 1.32 bits per heavy atom. The van der Waals surface area contributed by atoms with E-state index in [-0.39, 0.29) is 5.91 Å². The second-order valence-electron chi connectivity index (χ2n) is 4.50. The Morgan fingerprint density at radius 2 is 2.00 bits per heavy atom. The summed E-state index contributed by atoms with van der Waals surface area (Å²) in [6.07, 6.45) is 1.50. The molecule has 1 amide bonds. The number of aliphatic hydroxyl groups excluding tert-OH is 1. The molecule has 1 aromatic carbocycles. The molecule has 1 unspecified atom stereocenters. The van der Waals surface area contributed by atoms with E-state index in [1.807, 2.05) is 38.1 Å². The van der Waals surface area contributed by atoms with Gasteiger partial charge in [0.1, 0.15) is 5.75 Å². The first-order valence-electron chi connectivity index (χ1n) is 6.82. The highest BCUT2D eigenvalue weighted by Gasteiger charge is 2.07. The number of hydrogen-bond donors (Lipinski definition) is 2.